The third-order valence-corrected chi connectivity index (χ3v) is 4.28. The third-order valence-electron chi connectivity index (χ3n) is 4.28. The Hall–Kier alpha value is -1.71. The van der Waals surface area contributed by atoms with E-state index in [1.807, 2.05) is 6.92 Å². The summed E-state index contributed by atoms with van der Waals surface area (Å²) in [4.78, 5) is 37.8. The maximum atomic E-state index is 12.6. The summed E-state index contributed by atoms with van der Waals surface area (Å²) in [6.07, 6.45) is 5.63. The van der Waals surface area contributed by atoms with Gasteiger partial charge in [-0.2, -0.15) is 0 Å². The summed E-state index contributed by atoms with van der Waals surface area (Å²) in [5, 5.41) is 0. The van der Waals surface area contributed by atoms with Gasteiger partial charge in [-0.05, 0) is 42.9 Å². The van der Waals surface area contributed by atoms with Gasteiger partial charge in [0.1, 0.15) is 0 Å². The fourth-order valence-corrected chi connectivity index (χ4v) is 3.08. The number of carbonyl (C=O) groups excluding carboxylic acids is 3. The van der Waals surface area contributed by atoms with Crippen LogP contribution in [-0.4, -0.2) is 28.5 Å². The molecule has 0 spiro atoms. The highest BCUT2D eigenvalue weighted by Crippen LogP contribution is 2.37. The first-order chi connectivity index (χ1) is 9.11. The highest BCUT2D eigenvalue weighted by atomic mass is 16.2. The van der Waals surface area contributed by atoms with Crippen molar-refractivity contribution in [3.05, 3.63) is 22.8 Å². The molecule has 4 nitrogen and oxygen atoms in total. The number of hydrogen-bond acceptors (Lipinski definition) is 3. The zero-order valence-corrected chi connectivity index (χ0v) is 11.1. The Morgan fingerprint density at radius 1 is 1.21 bits per heavy atom. The molecule has 0 aromatic heterocycles. The number of amides is 2. The lowest BCUT2D eigenvalue weighted by atomic mass is 9.81. The van der Waals surface area contributed by atoms with Gasteiger partial charge >= 0.3 is 0 Å². The highest BCUT2D eigenvalue weighted by molar-refractivity contribution is 6.14. The average Bonchev–Trinajstić information content (AvgIpc) is 2.30. The normalized spacial score (nSPS) is 24.4. The van der Waals surface area contributed by atoms with E-state index in [-0.39, 0.29) is 36.5 Å². The Balaban J connectivity index is 2.00. The van der Waals surface area contributed by atoms with E-state index in [0.717, 1.165) is 30.4 Å². The van der Waals surface area contributed by atoms with Gasteiger partial charge in [0.2, 0.25) is 5.91 Å². The molecule has 0 radical (unpaired) electrons. The van der Waals surface area contributed by atoms with E-state index in [1.54, 1.807) is 6.08 Å². The summed E-state index contributed by atoms with van der Waals surface area (Å²) in [5.74, 6) is -0.288. The van der Waals surface area contributed by atoms with Crippen molar-refractivity contribution in [2.75, 3.05) is 0 Å². The van der Waals surface area contributed by atoms with E-state index >= 15 is 0 Å². The van der Waals surface area contributed by atoms with Crippen LogP contribution in [-0.2, 0) is 14.4 Å². The van der Waals surface area contributed by atoms with Crippen molar-refractivity contribution in [2.24, 2.45) is 0 Å². The number of allylic oxidation sites excluding steroid dienone is 1. The SMILES string of the molecule is CCC1=CC(=O)CC2=C1C(=O)N(C1CCC1)C(=O)C2. The van der Waals surface area contributed by atoms with Gasteiger partial charge in [0, 0.05) is 24.5 Å². The van der Waals surface area contributed by atoms with Gasteiger partial charge in [-0.1, -0.05) is 6.92 Å². The van der Waals surface area contributed by atoms with Crippen LogP contribution in [0.15, 0.2) is 22.8 Å². The zero-order valence-electron chi connectivity index (χ0n) is 11.1. The summed E-state index contributed by atoms with van der Waals surface area (Å²) in [7, 11) is 0. The molecule has 0 aromatic rings. The number of nitrogens with zero attached hydrogens (tertiary/aromatic N) is 1. The first-order valence-corrected chi connectivity index (χ1v) is 6.94. The monoisotopic (exact) mass is 259 g/mol. The Kier molecular flexibility index (Phi) is 2.88. The Morgan fingerprint density at radius 2 is 1.95 bits per heavy atom. The largest absolute Gasteiger partial charge is 0.294 e. The molecule has 0 N–H and O–H groups in total. The van der Waals surface area contributed by atoms with E-state index in [9.17, 15) is 14.4 Å². The Labute approximate surface area is 112 Å². The van der Waals surface area contributed by atoms with E-state index < -0.39 is 0 Å². The number of ketones is 1. The maximum absolute atomic E-state index is 12.6. The predicted molar refractivity (Wildman–Crippen MR) is 69.1 cm³/mol. The van der Waals surface area contributed by atoms with E-state index in [1.165, 1.54) is 4.90 Å². The molecule has 2 aliphatic carbocycles. The van der Waals surface area contributed by atoms with Crippen molar-refractivity contribution in [2.45, 2.75) is 51.5 Å². The zero-order chi connectivity index (χ0) is 13.6. The molecule has 2 amide bonds. The van der Waals surface area contributed by atoms with Crippen molar-refractivity contribution in [1.82, 2.24) is 4.90 Å². The van der Waals surface area contributed by atoms with Crippen molar-refractivity contribution < 1.29 is 14.4 Å². The van der Waals surface area contributed by atoms with Crippen LogP contribution < -0.4 is 0 Å². The summed E-state index contributed by atoms with van der Waals surface area (Å²) < 4.78 is 0. The van der Waals surface area contributed by atoms with Crippen LogP contribution in [0.4, 0.5) is 0 Å². The number of rotatable bonds is 2. The van der Waals surface area contributed by atoms with Crippen molar-refractivity contribution in [3.8, 4) is 0 Å². The van der Waals surface area contributed by atoms with Gasteiger partial charge in [0.15, 0.2) is 5.78 Å². The summed E-state index contributed by atoms with van der Waals surface area (Å²) in [6, 6.07) is 0.0878. The minimum Gasteiger partial charge on any atom is -0.294 e. The molecular weight excluding hydrogens is 242 g/mol. The number of hydrogen-bond donors (Lipinski definition) is 0. The first kappa shape index (κ1) is 12.3. The molecule has 0 unspecified atom stereocenters. The molecule has 1 fully saturated rings. The molecule has 1 saturated carbocycles. The standard InChI is InChI=1S/C15H17NO3/c1-2-9-6-12(17)7-10-8-13(18)16(11-4-3-5-11)15(19)14(9)10/h6,11H,2-5,7-8H2,1H3. The molecule has 100 valence electrons. The van der Waals surface area contributed by atoms with E-state index in [0.29, 0.717) is 12.0 Å². The van der Waals surface area contributed by atoms with Crippen molar-refractivity contribution in [3.63, 3.8) is 0 Å². The minimum absolute atomic E-state index is 0.00768. The second kappa shape index (κ2) is 4.44. The van der Waals surface area contributed by atoms with Crippen LogP contribution in [0.5, 0.6) is 0 Å². The lowest BCUT2D eigenvalue weighted by Gasteiger charge is -2.40. The average molecular weight is 259 g/mol. The first-order valence-electron chi connectivity index (χ1n) is 6.94. The number of imide groups is 1. The molecule has 0 bridgehead atoms. The van der Waals surface area contributed by atoms with Crippen LogP contribution in [0.25, 0.3) is 0 Å². The van der Waals surface area contributed by atoms with Gasteiger partial charge < -0.3 is 0 Å². The molecule has 3 rings (SSSR count). The Morgan fingerprint density at radius 3 is 2.53 bits per heavy atom. The smallest absolute Gasteiger partial charge is 0.260 e. The fourth-order valence-electron chi connectivity index (χ4n) is 3.08. The van der Waals surface area contributed by atoms with Crippen molar-refractivity contribution in [1.29, 1.82) is 0 Å². The molecule has 19 heavy (non-hydrogen) atoms. The quantitative estimate of drug-likeness (QED) is 0.712. The Bertz CT molecular complexity index is 538. The maximum Gasteiger partial charge on any atom is 0.260 e. The van der Waals surface area contributed by atoms with Crippen molar-refractivity contribution >= 4 is 17.6 Å². The summed E-state index contributed by atoms with van der Waals surface area (Å²) in [5.41, 5.74) is 2.18. The summed E-state index contributed by atoms with van der Waals surface area (Å²) >= 11 is 0. The second-order valence-corrected chi connectivity index (χ2v) is 5.48. The third kappa shape index (κ3) is 1.86. The molecule has 1 heterocycles. The van der Waals surface area contributed by atoms with Crippen LogP contribution in [0.1, 0.15) is 45.4 Å². The molecule has 0 atom stereocenters. The van der Waals surface area contributed by atoms with Crippen LogP contribution >= 0.6 is 0 Å². The lowest BCUT2D eigenvalue weighted by molar-refractivity contribution is -0.147. The molecular formula is C15H17NO3. The minimum atomic E-state index is -0.170. The van der Waals surface area contributed by atoms with Crippen LogP contribution in [0.2, 0.25) is 0 Å². The molecule has 3 aliphatic rings. The van der Waals surface area contributed by atoms with Gasteiger partial charge in [-0.25, -0.2) is 0 Å². The molecule has 0 saturated heterocycles. The van der Waals surface area contributed by atoms with Crippen LogP contribution in [0.3, 0.4) is 0 Å². The fraction of sp³-hybridized carbons (Fsp3) is 0.533. The molecule has 1 aliphatic heterocycles. The van der Waals surface area contributed by atoms with Gasteiger partial charge in [-0.3, -0.25) is 19.3 Å². The van der Waals surface area contributed by atoms with E-state index in [4.69, 9.17) is 0 Å². The lowest BCUT2D eigenvalue weighted by Crippen LogP contribution is -2.51. The number of carbonyl (C=O) groups is 3. The van der Waals surface area contributed by atoms with E-state index in [2.05, 4.69) is 0 Å². The van der Waals surface area contributed by atoms with Gasteiger partial charge in [0.25, 0.3) is 5.91 Å². The highest BCUT2D eigenvalue weighted by Gasteiger charge is 2.41. The summed E-state index contributed by atoms with van der Waals surface area (Å²) in [6.45, 7) is 1.94. The predicted octanol–water partition coefficient (Wildman–Crippen LogP) is 1.90. The van der Waals surface area contributed by atoms with Crippen LogP contribution in [0, 0.1) is 0 Å². The topological polar surface area (TPSA) is 54.5 Å². The van der Waals surface area contributed by atoms with Gasteiger partial charge in [-0.15, -0.1) is 0 Å². The second-order valence-electron chi connectivity index (χ2n) is 5.48. The molecule has 4 heteroatoms. The molecule has 0 aromatic carbocycles. The van der Waals surface area contributed by atoms with Gasteiger partial charge in [0.05, 0.1) is 0 Å².